The number of aromatic amines is 1. The van der Waals surface area contributed by atoms with Crippen LogP contribution in [0, 0.1) is 6.92 Å². The topological polar surface area (TPSA) is 91.1 Å². The number of para-hydroxylation sites is 1. The number of hydrogen-bond donors (Lipinski definition) is 3. The summed E-state index contributed by atoms with van der Waals surface area (Å²) in [5, 5.41) is 11.9. The van der Waals surface area contributed by atoms with E-state index < -0.39 is 0 Å². The number of hydrogen-bond acceptors (Lipinski definition) is 4. The van der Waals surface area contributed by atoms with E-state index >= 15 is 0 Å². The predicted octanol–water partition coefficient (Wildman–Crippen LogP) is 3.55. The van der Waals surface area contributed by atoms with Gasteiger partial charge in [-0.2, -0.15) is 4.98 Å². The van der Waals surface area contributed by atoms with Crippen LogP contribution in [0.15, 0.2) is 33.8 Å². The lowest BCUT2D eigenvalue weighted by Crippen LogP contribution is -2.39. The van der Waals surface area contributed by atoms with Crippen LogP contribution in [-0.4, -0.2) is 41.2 Å². The number of aromatic nitrogens is 3. The van der Waals surface area contributed by atoms with E-state index in [1.165, 1.54) is 22.2 Å². The van der Waals surface area contributed by atoms with Crippen molar-refractivity contribution in [3.05, 3.63) is 47.2 Å². The zero-order chi connectivity index (χ0) is 19.2. The van der Waals surface area contributed by atoms with Crippen LogP contribution in [0.25, 0.3) is 10.9 Å². The molecule has 0 fully saturated rings. The average Bonchev–Trinajstić information content (AvgIpc) is 3.25. The summed E-state index contributed by atoms with van der Waals surface area (Å²) in [6.45, 7) is 7.71. The van der Waals surface area contributed by atoms with Gasteiger partial charge in [-0.25, -0.2) is 0 Å². The van der Waals surface area contributed by atoms with Crippen LogP contribution >= 0.6 is 24.0 Å². The molecule has 0 radical (unpaired) electrons. The Kier molecular flexibility index (Phi) is 8.28. The van der Waals surface area contributed by atoms with Gasteiger partial charge in [0.15, 0.2) is 11.8 Å². The molecule has 3 N–H and O–H groups in total. The maximum atomic E-state index is 5.26. The van der Waals surface area contributed by atoms with Crippen molar-refractivity contribution in [2.24, 2.45) is 4.99 Å². The van der Waals surface area contributed by atoms with Gasteiger partial charge in [0.25, 0.3) is 0 Å². The normalized spacial score (nSPS) is 11.7. The van der Waals surface area contributed by atoms with Crippen molar-refractivity contribution < 1.29 is 4.52 Å². The van der Waals surface area contributed by atoms with Gasteiger partial charge in [0, 0.05) is 49.1 Å². The fraction of sp³-hybridized carbons (Fsp3) is 0.450. The highest BCUT2D eigenvalue weighted by Crippen LogP contribution is 2.21. The smallest absolute Gasteiger partial charge is 0.228 e. The molecule has 0 spiro atoms. The highest BCUT2D eigenvalue weighted by Gasteiger charge is 2.10. The highest BCUT2D eigenvalue weighted by molar-refractivity contribution is 14.0. The van der Waals surface area contributed by atoms with Crippen LogP contribution in [-0.2, 0) is 12.8 Å². The number of rotatable bonds is 7. The van der Waals surface area contributed by atoms with E-state index in [2.05, 4.69) is 61.9 Å². The van der Waals surface area contributed by atoms with Crippen LogP contribution < -0.4 is 10.6 Å². The molecule has 3 aromatic rings. The molecule has 28 heavy (non-hydrogen) atoms. The SMILES string of the molecule is CN=C(NCCc1nc(C(C)C)no1)NCCc1c(C)[nH]c2ccccc12.I. The van der Waals surface area contributed by atoms with Gasteiger partial charge in [0.05, 0.1) is 0 Å². The van der Waals surface area contributed by atoms with Crippen molar-refractivity contribution in [1.82, 2.24) is 25.8 Å². The quantitative estimate of drug-likeness (QED) is 0.265. The lowest BCUT2D eigenvalue weighted by molar-refractivity contribution is 0.371. The molecular weight excluding hydrogens is 467 g/mol. The molecule has 8 heteroatoms. The Morgan fingerprint density at radius 3 is 2.57 bits per heavy atom. The lowest BCUT2D eigenvalue weighted by Gasteiger charge is -2.11. The Bertz CT molecular complexity index is 914. The summed E-state index contributed by atoms with van der Waals surface area (Å²) in [5.74, 6) is 2.45. The molecule has 152 valence electrons. The monoisotopic (exact) mass is 496 g/mol. The summed E-state index contributed by atoms with van der Waals surface area (Å²) < 4.78 is 5.26. The van der Waals surface area contributed by atoms with Gasteiger partial charge in [-0.05, 0) is 25.0 Å². The number of benzene rings is 1. The van der Waals surface area contributed by atoms with Gasteiger partial charge < -0.3 is 20.1 Å². The third kappa shape index (κ3) is 5.46. The van der Waals surface area contributed by atoms with Crippen LogP contribution in [0.3, 0.4) is 0 Å². The Labute approximate surface area is 182 Å². The Balaban J connectivity index is 0.00000280. The molecule has 2 heterocycles. The molecule has 0 aliphatic heterocycles. The van der Waals surface area contributed by atoms with Crippen LogP contribution in [0.1, 0.15) is 42.7 Å². The fourth-order valence-corrected chi connectivity index (χ4v) is 3.08. The van der Waals surface area contributed by atoms with Crippen LogP contribution in [0.2, 0.25) is 0 Å². The van der Waals surface area contributed by atoms with Crippen molar-refractivity contribution in [3.8, 4) is 0 Å². The van der Waals surface area contributed by atoms with Crippen LogP contribution in [0.5, 0.6) is 0 Å². The second kappa shape index (κ2) is 10.4. The minimum atomic E-state index is 0. The lowest BCUT2D eigenvalue weighted by atomic mass is 10.1. The number of nitrogens with zero attached hydrogens (tertiary/aromatic N) is 3. The third-order valence-electron chi connectivity index (χ3n) is 4.55. The van der Waals surface area contributed by atoms with E-state index in [0.29, 0.717) is 18.9 Å². The van der Waals surface area contributed by atoms with Gasteiger partial charge in [-0.15, -0.1) is 24.0 Å². The first-order valence-electron chi connectivity index (χ1n) is 9.41. The van der Waals surface area contributed by atoms with Gasteiger partial charge >= 0.3 is 0 Å². The Hall–Kier alpha value is -2.10. The van der Waals surface area contributed by atoms with Crippen molar-refractivity contribution >= 4 is 40.8 Å². The molecule has 2 aromatic heterocycles. The summed E-state index contributed by atoms with van der Waals surface area (Å²) in [4.78, 5) is 12.1. The number of aryl methyl sites for hydroxylation is 1. The fourth-order valence-electron chi connectivity index (χ4n) is 3.08. The zero-order valence-corrected chi connectivity index (χ0v) is 19.2. The first-order chi connectivity index (χ1) is 13.1. The van der Waals surface area contributed by atoms with E-state index in [4.69, 9.17) is 4.52 Å². The number of fused-ring (bicyclic) bond motifs is 1. The van der Waals surface area contributed by atoms with E-state index in [1.54, 1.807) is 7.05 Å². The zero-order valence-electron chi connectivity index (χ0n) is 16.9. The van der Waals surface area contributed by atoms with Gasteiger partial charge in [0.2, 0.25) is 5.89 Å². The number of guanidine groups is 1. The number of nitrogens with one attached hydrogen (secondary N) is 3. The molecule has 0 aliphatic rings. The molecule has 0 atom stereocenters. The molecule has 3 rings (SSSR count). The summed E-state index contributed by atoms with van der Waals surface area (Å²) in [6, 6.07) is 8.41. The molecule has 0 amide bonds. The summed E-state index contributed by atoms with van der Waals surface area (Å²) in [5.41, 5.74) is 3.76. The highest BCUT2D eigenvalue weighted by atomic mass is 127. The molecule has 7 nitrogen and oxygen atoms in total. The Morgan fingerprint density at radius 1 is 1.18 bits per heavy atom. The molecule has 0 saturated carbocycles. The first-order valence-corrected chi connectivity index (χ1v) is 9.41. The van der Waals surface area contributed by atoms with Crippen molar-refractivity contribution in [2.45, 2.75) is 39.5 Å². The second-order valence-corrected chi connectivity index (χ2v) is 6.90. The van der Waals surface area contributed by atoms with Gasteiger partial charge in [-0.3, -0.25) is 4.99 Å². The van der Waals surface area contributed by atoms with Crippen LogP contribution in [0.4, 0.5) is 0 Å². The summed E-state index contributed by atoms with van der Waals surface area (Å²) in [6.07, 6.45) is 1.60. The van der Waals surface area contributed by atoms with E-state index in [-0.39, 0.29) is 29.9 Å². The second-order valence-electron chi connectivity index (χ2n) is 6.90. The number of aliphatic imine (C=N–C) groups is 1. The maximum Gasteiger partial charge on any atom is 0.228 e. The van der Waals surface area contributed by atoms with E-state index in [0.717, 1.165) is 24.7 Å². The van der Waals surface area contributed by atoms with E-state index in [9.17, 15) is 0 Å². The molecular formula is C20H29IN6O. The molecule has 0 unspecified atom stereocenters. The number of halogens is 1. The van der Waals surface area contributed by atoms with Gasteiger partial charge in [-0.1, -0.05) is 37.2 Å². The average molecular weight is 496 g/mol. The first kappa shape index (κ1) is 22.2. The molecule has 1 aromatic carbocycles. The van der Waals surface area contributed by atoms with E-state index in [1.807, 2.05) is 13.8 Å². The largest absolute Gasteiger partial charge is 0.358 e. The Morgan fingerprint density at radius 2 is 1.89 bits per heavy atom. The standard InChI is InChI=1S/C20H28N6O.HI/c1-13(2)19-25-18(27-26-19)10-12-23-20(21-4)22-11-9-15-14(3)24-17-8-6-5-7-16(15)17;/h5-8,13,24H,9-12H2,1-4H3,(H2,21,22,23);1H. The van der Waals surface area contributed by atoms with Crippen molar-refractivity contribution in [3.63, 3.8) is 0 Å². The van der Waals surface area contributed by atoms with Gasteiger partial charge in [0.1, 0.15) is 0 Å². The minimum Gasteiger partial charge on any atom is -0.358 e. The molecule has 0 aliphatic carbocycles. The maximum absolute atomic E-state index is 5.26. The summed E-state index contributed by atoms with van der Waals surface area (Å²) >= 11 is 0. The molecule has 0 saturated heterocycles. The van der Waals surface area contributed by atoms with Crippen molar-refractivity contribution in [2.75, 3.05) is 20.1 Å². The predicted molar refractivity (Wildman–Crippen MR) is 124 cm³/mol. The number of H-pyrrole nitrogens is 1. The minimum absolute atomic E-state index is 0. The van der Waals surface area contributed by atoms with Crippen molar-refractivity contribution in [1.29, 1.82) is 0 Å². The summed E-state index contributed by atoms with van der Waals surface area (Å²) in [7, 11) is 1.77. The third-order valence-corrected chi connectivity index (χ3v) is 4.55. The molecule has 0 bridgehead atoms.